The van der Waals surface area contributed by atoms with Gasteiger partial charge in [-0.15, -0.1) is 0 Å². The molecule has 2 heterocycles. The summed E-state index contributed by atoms with van der Waals surface area (Å²) in [6.45, 7) is 0. The fraction of sp³-hybridized carbons (Fsp3) is 0.167. The number of nitrogens with zero attached hydrogens (tertiary/aromatic N) is 3. The Morgan fingerprint density at radius 1 is 1.14 bits per heavy atom. The number of anilines is 2. The molecule has 1 N–H and O–H groups in total. The van der Waals surface area contributed by atoms with E-state index in [9.17, 15) is 8.42 Å². The molecular weight excluding hydrogens is 335 g/mol. The molecule has 0 atom stereocenters. The van der Waals surface area contributed by atoms with E-state index in [1.54, 1.807) is 17.0 Å². The van der Waals surface area contributed by atoms with Crippen molar-refractivity contribution in [1.82, 2.24) is 9.97 Å². The SMILES string of the molecule is CN(C)c1ccc(NS(=O)(=O)c2cnc(Cl)c(Cl)c2)cn1. The van der Waals surface area contributed by atoms with Crippen LogP contribution in [0.4, 0.5) is 11.5 Å². The highest BCUT2D eigenvalue weighted by molar-refractivity contribution is 7.92. The van der Waals surface area contributed by atoms with Crippen LogP contribution < -0.4 is 9.62 Å². The average Bonchev–Trinajstić information content (AvgIpc) is 2.42. The van der Waals surface area contributed by atoms with Crippen molar-refractivity contribution in [3.63, 3.8) is 0 Å². The molecule has 2 aromatic rings. The van der Waals surface area contributed by atoms with Gasteiger partial charge in [0, 0.05) is 20.3 Å². The van der Waals surface area contributed by atoms with Crippen molar-refractivity contribution in [1.29, 1.82) is 0 Å². The molecule has 0 aliphatic heterocycles. The third-order valence-corrected chi connectivity index (χ3v) is 4.57. The summed E-state index contributed by atoms with van der Waals surface area (Å²) in [5, 5.41) is 0.119. The van der Waals surface area contributed by atoms with Crippen molar-refractivity contribution >= 4 is 44.7 Å². The Kier molecular flexibility index (Phi) is 4.55. The summed E-state index contributed by atoms with van der Waals surface area (Å²) in [6, 6.07) is 4.55. The molecule has 0 aromatic carbocycles. The number of sulfonamides is 1. The van der Waals surface area contributed by atoms with E-state index < -0.39 is 10.0 Å². The van der Waals surface area contributed by atoms with Crippen LogP contribution in [0.5, 0.6) is 0 Å². The number of hydrogen-bond acceptors (Lipinski definition) is 5. The van der Waals surface area contributed by atoms with Gasteiger partial charge < -0.3 is 4.90 Å². The predicted octanol–water partition coefficient (Wildman–Crippen LogP) is 2.65. The molecule has 0 aliphatic carbocycles. The Hall–Kier alpha value is -1.57. The minimum atomic E-state index is -3.79. The first-order valence-electron chi connectivity index (χ1n) is 5.77. The van der Waals surface area contributed by atoms with E-state index in [0.717, 1.165) is 6.20 Å². The molecular formula is C12H12Cl2N4O2S. The third-order valence-electron chi connectivity index (χ3n) is 2.54. The number of pyridine rings is 2. The minimum absolute atomic E-state index is 0.0487. The lowest BCUT2D eigenvalue weighted by molar-refractivity contribution is 0.601. The molecule has 0 radical (unpaired) electrons. The molecule has 0 fully saturated rings. The van der Waals surface area contributed by atoms with E-state index in [-0.39, 0.29) is 15.1 Å². The molecule has 2 aromatic heterocycles. The Morgan fingerprint density at radius 2 is 1.86 bits per heavy atom. The summed E-state index contributed by atoms with van der Waals surface area (Å²) in [7, 11) is -0.113. The van der Waals surface area contributed by atoms with Crippen molar-refractivity contribution in [2.45, 2.75) is 4.90 Å². The van der Waals surface area contributed by atoms with Crippen LogP contribution in [0, 0.1) is 0 Å². The second-order valence-electron chi connectivity index (χ2n) is 4.35. The number of aromatic nitrogens is 2. The normalized spacial score (nSPS) is 11.2. The maximum absolute atomic E-state index is 12.2. The molecule has 9 heteroatoms. The first-order valence-corrected chi connectivity index (χ1v) is 8.01. The molecule has 0 unspecified atom stereocenters. The maximum atomic E-state index is 12.2. The topological polar surface area (TPSA) is 75.2 Å². The molecule has 0 spiro atoms. The summed E-state index contributed by atoms with van der Waals surface area (Å²) in [4.78, 5) is 9.57. The van der Waals surface area contributed by atoms with Crippen LogP contribution in [0.2, 0.25) is 10.2 Å². The second-order valence-corrected chi connectivity index (χ2v) is 6.80. The zero-order chi connectivity index (χ0) is 15.6. The van der Waals surface area contributed by atoms with Gasteiger partial charge in [-0.2, -0.15) is 0 Å². The average molecular weight is 347 g/mol. The van der Waals surface area contributed by atoms with Gasteiger partial charge in [0.2, 0.25) is 0 Å². The molecule has 0 bridgehead atoms. The van der Waals surface area contributed by atoms with Crippen LogP contribution in [0.1, 0.15) is 0 Å². The van der Waals surface area contributed by atoms with Crippen molar-refractivity contribution in [3.05, 3.63) is 40.8 Å². The standard InChI is InChI=1S/C12H12Cl2N4O2S/c1-18(2)11-4-3-8(6-15-11)17-21(19,20)9-5-10(13)12(14)16-7-9/h3-7,17H,1-2H3. The Balaban J connectivity index is 2.26. The van der Waals surface area contributed by atoms with E-state index in [4.69, 9.17) is 23.2 Å². The van der Waals surface area contributed by atoms with Gasteiger partial charge in [-0.1, -0.05) is 23.2 Å². The first kappa shape index (κ1) is 15.8. The Labute approximate surface area is 132 Å². The van der Waals surface area contributed by atoms with E-state index in [0.29, 0.717) is 11.5 Å². The fourth-order valence-electron chi connectivity index (χ4n) is 1.48. The number of rotatable bonds is 4. The second kappa shape index (κ2) is 6.05. The summed E-state index contributed by atoms with van der Waals surface area (Å²) in [5.74, 6) is 0.717. The van der Waals surface area contributed by atoms with Gasteiger partial charge in [-0.3, -0.25) is 4.72 Å². The lowest BCUT2D eigenvalue weighted by Crippen LogP contribution is -2.14. The van der Waals surface area contributed by atoms with Crippen LogP contribution in [0.3, 0.4) is 0 Å². The van der Waals surface area contributed by atoms with Crippen molar-refractivity contribution in [3.8, 4) is 0 Å². The van der Waals surface area contributed by atoms with Crippen LogP contribution >= 0.6 is 23.2 Å². The lowest BCUT2D eigenvalue weighted by atomic mass is 10.4. The smallest absolute Gasteiger partial charge is 0.263 e. The van der Waals surface area contributed by atoms with Crippen LogP contribution in [0.15, 0.2) is 35.5 Å². The van der Waals surface area contributed by atoms with Crippen LogP contribution in [-0.4, -0.2) is 32.5 Å². The zero-order valence-electron chi connectivity index (χ0n) is 11.2. The van der Waals surface area contributed by atoms with E-state index in [2.05, 4.69) is 14.7 Å². The third kappa shape index (κ3) is 3.75. The summed E-state index contributed by atoms with van der Waals surface area (Å²) < 4.78 is 26.8. The quantitative estimate of drug-likeness (QED) is 0.861. The number of nitrogens with one attached hydrogen (secondary N) is 1. The maximum Gasteiger partial charge on any atom is 0.263 e. The fourth-order valence-corrected chi connectivity index (χ4v) is 2.82. The summed E-state index contributed by atoms with van der Waals surface area (Å²) in [5.41, 5.74) is 0.340. The van der Waals surface area contributed by atoms with Crippen LogP contribution in [-0.2, 0) is 10.0 Å². The molecule has 21 heavy (non-hydrogen) atoms. The van der Waals surface area contributed by atoms with Gasteiger partial charge in [0.05, 0.1) is 16.9 Å². The highest BCUT2D eigenvalue weighted by atomic mass is 35.5. The highest BCUT2D eigenvalue weighted by Crippen LogP contribution is 2.23. The van der Waals surface area contributed by atoms with Crippen molar-refractivity contribution < 1.29 is 8.42 Å². The lowest BCUT2D eigenvalue weighted by Gasteiger charge is -2.12. The van der Waals surface area contributed by atoms with E-state index in [1.165, 1.54) is 12.3 Å². The summed E-state index contributed by atoms with van der Waals surface area (Å²) in [6.07, 6.45) is 2.57. The molecule has 6 nitrogen and oxygen atoms in total. The van der Waals surface area contributed by atoms with E-state index in [1.807, 2.05) is 14.1 Å². The monoisotopic (exact) mass is 346 g/mol. The highest BCUT2D eigenvalue weighted by Gasteiger charge is 2.16. The van der Waals surface area contributed by atoms with Gasteiger partial charge in [-0.05, 0) is 18.2 Å². The van der Waals surface area contributed by atoms with Gasteiger partial charge in [0.25, 0.3) is 10.0 Å². The predicted molar refractivity (Wildman–Crippen MR) is 83.6 cm³/mol. The number of halogens is 2. The Morgan fingerprint density at radius 3 is 2.38 bits per heavy atom. The zero-order valence-corrected chi connectivity index (χ0v) is 13.5. The number of hydrogen-bond donors (Lipinski definition) is 1. The largest absolute Gasteiger partial charge is 0.363 e. The van der Waals surface area contributed by atoms with Crippen molar-refractivity contribution in [2.75, 3.05) is 23.7 Å². The summed E-state index contributed by atoms with van der Waals surface area (Å²) >= 11 is 11.4. The minimum Gasteiger partial charge on any atom is -0.363 e. The van der Waals surface area contributed by atoms with Gasteiger partial charge >= 0.3 is 0 Å². The van der Waals surface area contributed by atoms with Crippen LogP contribution in [0.25, 0.3) is 0 Å². The molecule has 0 amide bonds. The molecule has 0 aliphatic rings. The molecule has 2 rings (SSSR count). The molecule has 112 valence electrons. The van der Waals surface area contributed by atoms with Gasteiger partial charge in [-0.25, -0.2) is 18.4 Å². The Bertz CT molecular complexity index is 748. The van der Waals surface area contributed by atoms with E-state index >= 15 is 0 Å². The van der Waals surface area contributed by atoms with Gasteiger partial charge in [0.15, 0.2) is 0 Å². The van der Waals surface area contributed by atoms with Gasteiger partial charge in [0.1, 0.15) is 15.9 Å². The molecule has 0 saturated carbocycles. The van der Waals surface area contributed by atoms with Crippen molar-refractivity contribution in [2.24, 2.45) is 0 Å². The molecule has 0 saturated heterocycles. The first-order chi connectivity index (χ1) is 9.79.